The molecule has 0 amide bonds. The van der Waals surface area contributed by atoms with E-state index >= 15 is 0 Å². The minimum atomic E-state index is -0.158. The normalized spacial score (nSPS) is 14.7. The molecule has 0 spiro atoms. The van der Waals surface area contributed by atoms with Crippen molar-refractivity contribution in [2.45, 2.75) is 25.5 Å². The van der Waals surface area contributed by atoms with E-state index in [0.29, 0.717) is 18.1 Å². The number of piperidine rings is 1. The molecule has 0 unspecified atom stereocenters. The average Bonchev–Trinajstić information content (AvgIpc) is 2.88. The summed E-state index contributed by atoms with van der Waals surface area (Å²) in [4.78, 5) is 27.8. The summed E-state index contributed by atoms with van der Waals surface area (Å²) in [7, 11) is 2.13. The molecule has 8 nitrogen and oxygen atoms in total. The third-order valence-electron chi connectivity index (χ3n) is 5.96. The van der Waals surface area contributed by atoms with E-state index in [2.05, 4.69) is 32.0 Å². The van der Waals surface area contributed by atoms with Crippen molar-refractivity contribution in [1.29, 1.82) is 0 Å². The van der Waals surface area contributed by atoms with Gasteiger partial charge in [0, 0.05) is 42.7 Å². The second-order valence-corrected chi connectivity index (χ2v) is 8.51. The predicted octanol–water partition coefficient (Wildman–Crippen LogP) is 3.28. The molecule has 1 aliphatic heterocycles. The van der Waals surface area contributed by atoms with E-state index in [-0.39, 0.29) is 11.7 Å². The van der Waals surface area contributed by atoms with Gasteiger partial charge in [0.1, 0.15) is 6.10 Å². The summed E-state index contributed by atoms with van der Waals surface area (Å²) in [6.45, 7) is 2.43. The standard InChI is InChI=1S/C26H26N6O2/c1-31-13-9-22(10-14-31)34-23-16-28-26(29-17-23)21-4-2-3-19(15-21)18-32-25(33)6-5-24(30-32)20-7-11-27-12-8-20/h2-8,11-12,15-17,22H,9-10,13-14,18H2,1H3. The Labute approximate surface area is 197 Å². The highest BCUT2D eigenvalue weighted by molar-refractivity contribution is 5.57. The second-order valence-electron chi connectivity index (χ2n) is 8.51. The van der Waals surface area contributed by atoms with Crippen molar-refractivity contribution < 1.29 is 4.74 Å². The molecule has 1 aliphatic rings. The molecule has 1 aromatic carbocycles. The SMILES string of the molecule is CN1CCC(Oc2cnc(-c3cccc(Cn4nc(-c5ccncc5)ccc4=O)c3)nc2)CC1. The monoisotopic (exact) mass is 454 g/mol. The fraction of sp³-hybridized carbons (Fsp3) is 0.269. The average molecular weight is 455 g/mol. The van der Waals surface area contributed by atoms with Crippen LogP contribution < -0.4 is 10.3 Å². The summed E-state index contributed by atoms with van der Waals surface area (Å²) in [6.07, 6.45) is 9.11. The van der Waals surface area contributed by atoms with Crippen LogP contribution >= 0.6 is 0 Å². The van der Waals surface area contributed by atoms with Crippen LogP contribution in [0.4, 0.5) is 0 Å². The lowest BCUT2D eigenvalue weighted by molar-refractivity contribution is 0.113. The Morgan fingerprint density at radius 3 is 2.50 bits per heavy atom. The number of likely N-dealkylation sites (tertiary alicyclic amines) is 1. The number of benzene rings is 1. The highest BCUT2D eigenvalue weighted by Crippen LogP contribution is 2.21. The molecule has 0 atom stereocenters. The quantitative estimate of drug-likeness (QED) is 0.442. The summed E-state index contributed by atoms with van der Waals surface area (Å²) >= 11 is 0. The lowest BCUT2D eigenvalue weighted by atomic mass is 10.1. The Morgan fingerprint density at radius 2 is 1.74 bits per heavy atom. The second kappa shape index (κ2) is 9.93. The van der Waals surface area contributed by atoms with Crippen molar-refractivity contribution in [2.75, 3.05) is 20.1 Å². The Kier molecular flexibility index (Phi) is 6.40. The van der Waals surface area contributed by atoms with Gasteiger partial charge in [-0.1, -0.05) is 18.2 Å². The molecule has 0 radical (unpaired) electrons. The van der Waals surface area contributed by atoms with Crippen molar-refractivity contribution in [3.05, 3.63) is 89.2 Å². The topological polar surface area (TPSA) is 86.0 Å². The number of hydrogen-bond acceptors (Lipinski definition) is 7. The van der Waals surface area contributed by atoms with Crippen LogP contribution in [0.1, 0.15) is 18.4 Å². The van der Waals surface area contributed by atoms with Gasteiger partial charge in [0.15, 0.2) is 11.6 Å². The molecule has 3 aromatic heterocycles. The van der Waals surface area contributed by atoms with Gasteiger partial charge in [-0.2, -0.15) is 5.10 Å². The largest absolute Gasteiger partial charge is 0.487 e. The molecule has 34 heavy (non-hydrogen) atoms. The van der Waals surface area contributed by atoms with Crippen molar-refractivity contribution in [3.8, 4) is 28.4 Å². The van der Waals surface area contributed by atoms with Crippen molar-refractivity contribution in [3.63, 3.8) is 0 Å². The fourth-order valence-electron chi connectivity index (χ4n) is 4.04. The minimum Gasteiger partial charge on any atom is -0.487 e. The zero-order valence-electron chi connectivity index (χ0n) is 19.0. The number of hydrogen-bond donors (Lipinski definition) is 0. The molecule has 5 rings (SSSR count). The summed E-state index contributed by atoms with van der Waals surface area (Å²) in [6, 6.07) is 14.9. The Hall–Kier alpha value is -3.91. The van der Waals surface area contributed by atoms with Crippen LogP contribution in [0.2, 0.25) is 0 Å². The first-order valence-corrected chi connectivity index (χ1v) is 11.4. The molecule has 8 heteroatoms. The zero-order chi connectivity index (χ0) is 23.3. The fourth-order valence-corrected chi connectivity index (χ4v) is 4.04. The van der Waals surface area contributed by atoms with Crippen LogP contribution in [-0.2, 0) is 6.54 Å². The molecular weight excluding hydrogens is 428 g/mol. The van der Waals surface area contributed by atoms with E-state index in [1.165, 1.54) is 4.68 Å². The van der Waals surface area contributed by atoms with Crippen molar-refractivity contribution >= 4 is 0 Å². The number of aromatic nitrogens is 5. The van der Waals surface area contributed by atoms with Gasteiger partial charge in [-0.3, -0.25) is 9.78 Å². The first kappa shape index (κ1) is 21.9. The predicted molar refractivity (Wildman–Crippen MR) is 129 cm³/mol. The highest BCUT2D eigenvalue weighted by atomic mass is 16.5. The zero-order valence-corrected chi connectivity index (χ0v) is 19.0. The van der Waals surface area contributed by atoms with Gasteiger partial charge in [-0.15, -0.1) is 0 Å². The van der Waals surface area contributed by atoms with E-state index in [0.717, 1.165) is 48.3 Å². The molecule has 1 saturated heterocycles. The van der Waals surface area contributed by atoms with Crippen LogP contribution in [-0.4, -0.2) is 55.9 Å². The van der Waals surface area contributed by atoms with Crippen LogP contribution in [0.25, 0.3) is 22.6 Å². The van der Waals surface area contributed by atoms with Gasteiger partial charge >= 0.3 is 0 Å². The minimum absolute atomic E-state index is 0.158. The Bertz CT molecular complexity index is 1300. The Morgan fingerprint density at radius 1 is 0.971 bits per heavy atom. The summed E-state index contributed by atoms with van der Waals surface area (Å²) in [5, 5.41) is 4.54. The molecule has 1 fully saturated rings. The lowest BCUT2D eigenvalue weighted by Gasteiger charge is -2.29. The van der Waals surface area contributed by atoms with E-state index < -0.39 is 0 Å². The van der Waals surface area contributed by atoms with Crippen molar-refractivity contribution in [1.82, 2.24) is 29.6 Å². The number of nitrogens with zero attached hydrogens (tertiary/aromatic N) is 6. The first-order chi connectivity index (χ1) is 16.6. The van der Waals surface area contributed by atoms with Crippen molar-refractivity contribution in [2.24, 2.45) is 0 Å². The van der Waals surface area contributed by atoms with Crippen LogP contribution in [0, 0.1) is 0 Å². The molecule has 0 bridgehead atoms. The highest BCUT2D eigenvalue weighted by Gasteiger charge is 2.18. The van der Waals surface area contributed by atoms with E-state index in [4.69, 9.17) is 4.74 Å². The maximum atomic E-state index is 12.4. The number of ether oxygens (including phenoxy) is 1. The summed E-state index contributed by atoms with van der Waals surface area (Å²) in [5.41, 5.74) is 3.29. The molecular formula is C26H26N6O2. The Balaban J connectivity index is 1.31. The van der Waals surface area contributed by atoms with Gasteiger partial charge < -0.3 is 9.64 Å². The van der Waals surface area contributed by atoms with E-state index in [1.54, 1.807) is 36.9 Å². The third-order valence-corrected chi connectivity index (χ3v) is 5.96. The maximum Gasteiger partial charge on any atom is 0.267 e. The molecule has 0 saturated carbocycles. The van der Waals surface area contributed by atoms with Crippen LogP contribution in [0.15, 0.2) is 78.1 Å². The molecule has 172 valence electrons. The van der Waals surface area contributed by atoms with Gasteiger partial charge in [-0.25, -0.2) is 14.6 Å². The van der Waals surface area contributed by atoms with E-state index in [1.807, 2.05) is 36.4 Å². The molecule has 4 heterocycles. The van der Waals surface area contributed by atoms with Gasteiger partial charge in [-0.05, 0) is 49.7 Å². The van der Waals surface area contributed by atoms with Crippen LogP contribution in [0.5, 0.6) is 5.75 Å². The summed E-state index contributed by atoms with van der Waals surface area (Å²) in [5.74, 6) is 1.31. The van der Waals surface area contributed by atoms with Crippen LogP contribution in [0.3, 0.4) is 0 Å². The van der Waals surface area contributed by atoms with Gasteiger partial charge in [0.25, 0.3) is 5.56 Å². The molecule has 0 aliphatic carbocycles. The first-order valence-electron chi connectivity index (χ1n) is 11.4. The number of pyridine rings is 1. The third kappa shape index (κ3) is 5.18. The number of rotatable bonds is 6. The van der Waals surface area contributed by atoms with Gasteiger partial charge in [0.05, 0.1) is 24.6 Å². The lowest BCUT2D eigenvalue weighted by Crippen LogP contribution is -2.35. The van der Waals surface area contributed by atoms with E-state index in [9.17, 15) is 4.79 Å². The smallest absolute Gasteiger partial charge is 0.267 e. The van der Waals surface area contributed by atoms with Gasteiger partial charge in [0.2, 0.25) is 0 Å². The maximum absolute atomic E-state index is 12.4. The summed E-state index contributed by atoms with van der Waals surface area (Å²) < 4.78 is 7.52. The molecule has 4 aromatic rings. The molecule has 0 N–H and O–H groups in total.